The Balaban J connectivity index is 1.55. The van der Waals surface area contributed by atoms with Gasteiger partial charge in [0.2, 0.25) is 5.91 Å². The van der Waals surface area contributed by atoms with E-state index in [0.717, 1.165) is 12.1 Å². The van der Waals surface area contributed by atoms with Gasteiger partial charge in [-0.3, -0.25) is 9.69 Å². The number of anilines is 2. The van der Waals surface area contributed by atoms with Crippen molar-refractivity contribution >= 4 is 40.0 Å². The number of alkyl halides is 4. The van der Waals surface area contributed by atoms with Gasteiger partial charge >= 0.3 is 12.2 Å². The van der Waals surface area contributed by atoms with Crippen molar-refractivity contribution in [1.82, 2.24) is 24.8 Å². The fourth-order valence-corrected chi connectivity index (χ4v) is 5.78. The third-order valence-electron chi connectivity index (χ3n) is 7.75. The zero-order valence-corrected chi connectivity index (χ0v) is 24.7. The molecule has 0 radical (unpaired) electrons. The van der Waals surface area contributed by atoms with Crippen LogP contribution in [-0.4, -0.2) is 102 Å². The summed E-state index contributed by atoms with van der Waals surface area (Å²) in [6, 6.07) is 4.55. The first-order valence-electron chi connectivity index (χ1n) is 14.0. The monoisotopic (exact) mass is 637 g/mol. The molecule has 0 spiro atoms. The molecule has 5 rings (SSSR count). The number of nitrogens with two attached hydrogens (primary N) is 1. The lowest BCUT2D eigenvalue weighted by Gasteiger charge is -2.35. The molecule has 2 fully saturated rings. The fraction of sp³-hybridized carbons (Fsp3) is 0.448. The Morgan fingerprint density at radius 2 is 1.93 bits per heavy atom. The molecule has 1 aromatic carbocycles. The molecule has 0 saturated carbocycles. The molecule has 2 saturated heterocycles. The summed E-state index contributed by atoms with van der Waals surface area (Å²) in [4.78, 5) is 30.8. The molecule has 2 aliphatic rings. The number of methoxy groups -OCH3 is 1. The summed E-state index contributed by atoms with van der Waals surface area (Å²) < 4.78 is 67.2. The standard InChI is InChI=1S/C29H32ClF4N7O3/c1-3-25(42)39-6-8-40(9-7-39)27-20-13-22(30)19(26-21(29(32,33)34)4-5-24(35)37-26)14-23(20)36-28(38-27)44-16-18-12-17(31)15-41(18)10-11-43-2/h3-5,13-14,17-18H,1,6-12,15-16H2,2H3,(H2,35,37)/t17-,18+/m1/s1. The van der Waals surface area contributed by atoms with Gasteiger partial charge in [-0.1, -0.05) is 18.2 Å². The van der Waals surface area contributed by atoms with E-state index in [1.165, 1.54) is 18.2 Å². The average molecular weight is 638 g/mol. The van der Waals surface area contributed by atoms with Gasteiger partial charge in [-0.05, 0) is 36.8 Å². The van der Waals surface area contributed by atoms with Crippen LogP contribution in [0, 0.1) is 0 Å². The number of amides is 1. The van der Waals surface area contributed by atoms with Crippen LogP contribution in [0.1, 0.15) is 12.0 Å². The first-order valence-corrected chi connectivity index (χ1v) is 14.4. The fourth-order valence-electron chi connectivity index (χ4n) is 5.52. The van der Waals surface area contributed by atoms with E-state index in [1.54, 1.807) is 12.0 Å². The lowest BCUT2D eigenvalue weighted by atomic mass is 10.0. The summed E-state index contributed by atoms with van der Waals surface area (Å²) in [6.45, 7) is 6.47. The van der Waals surface area contributed by atoms with E-state index < -0.39 is 23.6 Å². The highest BCUT2D eigenvalue weighted by molar-refractivity contribution is 6.34. The number of hydrogen-bond acceptors (Lipinski definition) is 9. The number of nitrogen functional groups attached to an aromatic ring is 1. The minimum absolute atomic E-state index is 0.00572. The normalized spacial score (nSPS) is 19.5. The Morgan fingerprint density at radius 3 is 2.61 bits per heavy atom. The summed E-state index contributed by atoms with van der Waals surface area (Å²) in [5.74, 6) is 0.140. The van der Waals surface area contributed by atoms with Crippen molar-refractivity contribution in [3.63, 3.8) is 0 Å². The van der Waals surface area contributed by atoms with Crippen molar-refractivity contribution in [3.05, 3.63) is 47.5 Å². The van der Waals surface area contributed by atoms with Crippen molar-refractivity contribution in [2.45, 2.75) is 24.8 Å². The van der Waals surface area contributed by atoms with Gasteiger partial charge < -0.3 is 25.0 Å². The molecular formula is C29H32ClF4N7O3. The van der Waals surface area contributed by atoms with Crippen LogP contribution in [0.5, 0.6) is 6.01 Å². The Bertz CT molecular complexity index is 1540. The highest BCUT2D eigenvalue weighted by Gasteiger charge is 2.36. The number of carbonyl (C=O) groups is 1. The minimum atomic E-state index is -4.72. The van der Waals surface area contributed by atoms with Crippen LogP contribution in [0.15, 0.2) is 36.9 Å². The van der Waals surface area contributed by atoms with Crippen molar-refractivity contribution in [2.75, 3.05) is 70.2 Å². The lowest BCUT2D eigenvalue weighted by molar-refractivity contribution is -0.137. The Labute approximate surface area is 256 Å². The topological polar surface area (TPSA) is 110 Å². The molecule has 0 bridgehead atoms. The zero-order chi connectivity index (χ0) is 31.6. The molecule has 0 unspecified atom stereocenters. The predicted octanol–water partition coefficient (Wildman–Crippen LogP) is 4.22. The average Bonchev–Trinajstić information content (AvgIpc) is 3.36. The number of carbonyl (C=O) groups excluding carboxylic acids is 1. The molecule has 4 heterocycles. The number of nitrogens with zero attached hydrogens (tertiary/aromatic N) is 6. The van der Waals surface area contributed by atoms with Gasteiger partial charge in [0.25, 0.3) is 0 Å². The maximum atomic E-state index is 14.3. The lowest BCUT2D eigenvalue weighted by Crippen LogP contribution is -2.48. The maximum Gasteiger partial charge on any atom is 0.418 e. The molecule has 2 aliphatic heterocycles. The zero-order valence-electron chi connectivity index (χ0n) is 24.0. The summed E-state index contributed by atoms with van der Waals surface area (Å²) in [6.07, 6.45) is -4.21. The SMILES string of the molecule is C=CC(=O)N1CCN(c2nc(OC[C@@H]3C[C@@H](F)CN3CCOC)nc3cc(-c4nc(N)ccc4C(F)(F)F)c(Cl)cc23)CC1. The van der Waals surface area contributed by atoms with E-state index in [4.69, 9.17) is 26.8 Å². The first kappa shape index (κ1) is 31.7. The summed E-state index contributed by atoms with van der Waals surface area (Å²) in [7, 11) is 1.57. The largest absolute Gasteiger partial charge is 0.462 e. The quantitative estimate of drug-likeness (QED) is 0.272. The summed E-state index contributed by atoms with van der Waals surface area (Å²) in [5.41, 5.74) is 4.58. The molecule has 2 atom stereocenters. The smallest absolute Gasteiger partial charge is 0.418 e. The number of halogens is 5. The molecule has 2 aromatic heterocycles. The van der Waals surface area contributed by atoms with Crippen LogP contribution in [0.4, 0.5) is 29.2 Å². The van der Waals surface area contributed by atoms with E-state index in [-0.39, 0.29) is 59.5 Å². The van der Waals surface area contributed by atoms with E-state index >= 15 is 0 Å². The number of benzene rings is 1. The van der Waals surface area contributed by atoms with Crippen LogP contribution >= 0.6 is 11.6 Å². The number of hydrogen-bond donors (Lipinski definition) is 1. The number of likely N-dealkylation sites (tertiary alicyclic amines) is 1. The molecule has 15 heteroatoms. The second-order valence-electron chi connectivity index (χ2n) is 10.6. The van der Waals surface area contributed by atoms with Crippen molar-refractivity contribution in [3.8, 4) is 17.3 Å². The molecule has 0 aliphatic carbocycles. The first-order chi connectivity index (χ1) is 21.0. The number of piperazine rings is 1. The third-order valence-corrected chi connectivity index (χ3v) is 8.06. The van der Waals surface area contributed by atoms with E-state index in [1.807, 2.05) is 9.80 Å². The summed E-state index contributed by atoms with van der Waals surface area (Å²) in [5, 5.41) is 0.465. The van der Waals surface area contributed by atoms with E-state index in [9.17, 15) is 22.4 Å². The van der Waals surface area contributed by atoms with Gasteiger partial charge in [0.05, 0.1) is 28.4 Å². The number of pyridine rings is 1. The van der Waals surface area contributed by atoms with Gasteiger partial charge in [0, 0.05) is 63.4 Å². The minimum Gasteiger partial charge on any atom is -0.462 e. The van der Waals surface area contributed by atoms with Gasteiger partial charge in [-0.25, -0.2) is 9.37 Å². The molecule has 2 N–H and O–H groups in total. The summed E-state index contributed by atoms with van der Waals surface area (Å²) >= 11 is 6.60. The van der Waals surface area contributed by atoms with Crippen LogP contribution in [0.25, 0.3) is 22.2 Å². The molecule has 1 amide bonds. The van der Waals surface area contributed by atoms with Crippen molar-refractivity contribution in [2.24, 2.45) is 0 Å². The second kappa shape index (κ2) is 13.1. The van der Waals surface area contributed by atoms with Crippen molar-refractivity contribution < 1.29 is 31.8 Å². The number of aromatic nitrogens is 3. The highest BCUT2D eigenvalue weighted by Crippen LogP contribution is 2.41. The highest BCUT2D eigenvalue weighted by atomic mass is 35.5. The molecule has 44 heavy (non-hydrogen) atoms. The van der Waals surface area contributed by atoms with Crippen LogP contribution in [0.3, 0.4) is 0 Å². The van der Waals surface area contributed by atoms with E-state index in [2.05, 4.69) is 21.5 Å². The van der Waals surface area contributed by atoms with Crippen LogP contribution < -0.4 is 15.4 Å². The Kier molecular flexibility index (Phi) is 9.42. The second-order valence-corrected chi connectivity index (χ2v) is 11.0. The Hall–Kier alpha value is -3.75. The number of fused-ring (bicyclic) bond motifs is 1. The number of ether oxygens (including phenoxy) is 2. The van der Waals surface area contributed by atoms with Crippen LogP contribution in [-0.2, 0) is 15.7 Å². The maximum absolute atomic E-state index is 14.3. The molecule has 3 aromatic rings. The molecule has 236 valence electrons. The third kappa shape index (κ3) is 6.81. The molecule has 10 nitrogen and oxygen atoms in total. The predicted molar refractivity (Wildman–Crippen MR) is 158 cm³/mol. The van der Waals surface area contributed by atoms with E-state index in [0.29, 0.717) is 50.5 Å². The van der Waals surface area contributed by atoms with Crippen LogP contribution in [0.2, 0.25) is 5.02 Å². The van der Waals surface area contributed by atoms with Crippen molar-refractivity contribution in [1.29, 1.82) is 0 Å². The van der Waals surface area contributed by atoms with Gasteiger partial charge in [-0.15, -0.1) is 0 Å². The van der Waals surface area contributed by atoms with Gasteiger partial charge in [0.15, 0.2) is 0 Å². The number of rotatable bonds is 9. The molecular weight excluding hydrogens is 606 g/mol. The van der Waals surface area contributed by atoms with Gasteiger partial charge in [-0.2, -0.15) is 23.1 Å². The van der Waals surface area contributed by atoms with Gasteiger partial charge in [0.1, 0.15) is 24.4 Å². The Morgan fingerprint density at radius 1 is 1.18 bits per heavy atom.